The maximum absolute atomic E-state index is 9.75. The van der Waals surface area contributed by atoms with Crippen LogP contribution in [0.25, 0.3) is 22.3 Å². The number of hydrogen-bond donors (Lipinski definition) is 0. The molecule has 0 N–H and O–H groups in total. The lowest BCUT2D eigenvalue weighted by molar-refractivity contribution is -0.914. The molecule has 1 aliphatic heterocycles. The van der Waals surface area contributed by atoms with E-state index in [0.717, 1.165) is 18.8 Å². The highest BCUT2D eigenvalue weighted by molar-refractivity contribution is 6.50. The molecule has 1 fully saturated rings. The molecule has 0 aromatic heterocycles. The third-order valence-electron chi connectivity index (χ3n) is 6.17. The molecular weight excluding hydrogens is 441 g/mol. The first-order valence-electron chi connectivity index (χ1n) is 11.8. The van der Waals surface area contributed by atoms with E-state index >= 15 is 0 Å². The molecule has 1 saturated heterocycles. The van der Waals surface area contributed by atoms with Gasteiger partial charge in [0, 0.05) is 17.5 Å². The number of likely N-dealkylation sites (tertiary alicyclic amines) is 1. The molecule has 0 amide bonds. The minimum atomic E-state index is -6.00. The Morgan fingerprint density at radius 3 is 1.65 bits per heavy atom. The summed E-state index contributed by atoms with van der Waals surface area (Å²) in [6, 6.07) is 27.6. The van der Waals surface area contributed by atoms with Crippen molar-refractivity contribution in [2.45, 2.75) is 25.7 Å². The number of ether oxygens (including phenoxy) is 1. The molecule has 1 aliphatic rings. The van der Waals surface area contributed by atoms with Crippen LogP contribution in [0, 0.1) is 0 Å². The monoisotopic (exact) mass is 473 g/mol. The van der Waals surface area contributed by atoms with Gasteiger partial charge in [-0.2, -0.15) is 0 Å². The van der Waals surface area contributed by atoms with Crippen molar-refractivity contribution in [3.8, 4) is 28.0 Å². The van der Waals surface area contributed by atoms with Gasteiger partial charge in [-0.05, 0) is 30.4 Å². The quantitative estimate of drug-likeness (QED) is 0.148. The number of quaternary nitrogens is 1. The molecule has 3 aromatic carbocycles. The van der Waals surface area contributed by atoms with Crippen molar-refractivity contribution in [3.05, 3.63) is 78.9 Å². The van der Waals surface area contributed by atoms with Gasteiger partial charge in [0.1, 0.15) is 5.75 Å². The topological polar surface area (TPSA) is 9.23 Å². The molecular formula is C27H32BF4NO. The summed E-state index contributed by atoms with van der Waals surface area (Å²) in [6.07, 6.45) is 5.22. The molecule has 0 spiro atoms. The van der Waals surface area contributed by atoms with E-state index in [9.17, 15) is 17.3 Å². The van der Waals surface area contributed by atoms with E-state index in [2.05, 4.69) is 85.9 Å². The van der Waals surface area contributed by atoms with E-state index in [1.54, 1.807) is 0 Å². The Labute approximate surface area is 199 Å². The van der Waals surface area contributed by atoms with Gasteiger partial charge < -0.3 is 26.5 Å². The van der Waals surface area contributed by atoms with Crippen LogP contribution in [0.4, 0.5) is 17.3 Å². The van der Waals surface area contributed by atoms with Crippen molar-refractivity contribution >= 4 is 7.25 Å². The van der Waals surface area contributed by atoms with Gasteiger partial charge in [-0.15, -0.1) is 0 Å². The first kappa shape index (κ1) is 25.8. The van der Waals surface area contributed by atoms with Gasteiger partial charge in [-0.3, -0.25) is 0 Å². The normalized spacial score (nSPS) is 15.2. The third-order valence-corrected chi connectivity index (χ3v) is 6.17. The molecule has 0 aliphatic carbocycles. The predicted molar refractivity (Wildman–Crippen MR) is 132 cm³/mol. The summed E-state index contributed by atoms with van der Waals surface area (Å²) in [6.45, 7) is 4.59. The van der Waals surface area contributed by atoms with Crippen LogP contribution in [0.2, 0.25) is 0 Å². The van der Waals surface area contributed by atoms with Crippen LogP contribution in [0.15, 0.2) is 78.9 Å². The van der Waals surface area contributed by atoms with E-state index in [1.807, 2.05) is 0 Å². The molecule has 34 heavy (non-hydrogen) atoms. The highest BCUT2D eigenvalue weighted by atomic mass is 19.5. The number of rotatable bonds is 7. The zero-order valence-corrected chi connectivity index (χ0v) is 19.6. The minimum absolute atomic E-state index is 0.761. The summed E-state index contributed by atoms with van der Waals surface area (Å²) in [4.78, 5) is 0. The number of hydrogen-bond acceptors (Lipinski definition) is 1. The SMILES string of the molecule is C[N+]1(CCCOc2c(-c3ccccc3)cccc2-c2ccccc2)CCCCC1.F[B-](F)(F)F. The lowest BCUT2D eigenvalue weighted by atomic mass is 9.97. The highest BCUT2D eigenvalue weighted by Crippen LogP contribution is 2.39. The standard InChI is InChI=1S/C27H32NO.BF4/c1-28(19-9-4-10-20-28)21-12-22-29-27-25(23-13-5-2-6-14-23)17-11-18-26(27)24-15-7-3-8-16-24;2-1(3,4)5/h2-3,5-8,11,13-18H,4,9-10,12,19-22H2,1H3;/q+1;-1. The fourth-order valence-electron chi connectivity index (χ4n) is 4.50. The molecule has 4 rings (SSSR count). The molecule has 0 bridgehead atoms. The Bertz CT molecular complexity index is 942. The summed E-state index contributed by atoms with van der Waals surface area (Å²) in [7, 11) is -3.59. The molecule has 3 aromatic rings. The zero-order valence-electron chi connectivity index (χ0n) is 19.6. The van der Waals surface area contributed by atoms with Crippen LogP contribution in [-0.2, 0) is 0 Å². The second-order valence-electron chi connectivity index (χ2n) is 8.96. The average Bonchev–Trinajstić information content (AvgIpc) is 2.82. The maximum atomic E-state index is 9.75. The second kappa shape index (κ2) is 12.1. The Hall–Kier alpha value is -2.80. The smallest absolute Gasteiger partial charge is 0.492 e. The van der Waals surface area contributed by atoms with Crippen molar-refractivity contribution in [2.75, 3.05) is 33.3 Å². The molecule has 0 atom stereocenters. The summed E-state index contributed by atoms with van der Waals surface area (Å²) >= 11 is 0. The summed E-state index contributed by atoms with van der Waals surface area (Å²) in [5, 5.41) is 0. The summed E-state index contributed by atoms with van der Waals surface area (Å²) < 4.78 is 46.7. The van der Waals surface area contributed by atoms with Crippen molar-refractivity contribution in [3.63, 3.8) is 0 Å². The van der Waals surface area contributed by atoms with Crippen LogP contribution in [-0.4, -0.2) is 45.0 Å². The molecule has 182 valence electrons. The Morgan fingerprint density at radius 1 is 0.706 bits per heavy atom. The van der Waals surface area contributed by atoms with E-state index < -0.39 is 7.25 Å². The van der Waals surface area contributed by atoms with Crippen LogP contribution < -0.4 is 4.74 Å². The summed E-state index contributed by atoms with van der Waals surface area (Å²) in [5.41, 5.74) is 4.75. The van der Waals surface area contributed by atoms with Crippen LogP contribution >= 0.6 is 0 Å². The first-order valence-corrected chi connectivity index (χ1v) is 11.8. The Kier molecular flexibility index (Phi) is 9.16. The van der Waals surface area contributed by atoms with Gasteiger partial charge >= 0.3 is 7.25 Å². The van der Waals surface area contributed by atoms with E-state index in [0.29, 0.717) is 0 Å². The van der Waals surface area contributed by atoms with Gasteiger partial charge in [0.05, 0.1) is 33.3 Å². The molecule has 0 radical (unpaired) electrons. The molecule has 0 unspecified atom stereocenters. The number of nitrogens with zero attached hydrogens (tertiary/aromatic N) is 1. The van der Waals surface area contributed by atoms with Crippen LogP contribution in [0.3, 0.4) is 0 Å². The van der Waals surface area contributed by atoms with Gasteiger partial charge in [0.2, 0.25) is 0 Å². The first-order chi connectivity index (χ1) is 16.3. The molecule has 2 nitrogen and oxygen atoms in total. The minimum Gasteiger partial charge on any atom is -0.492 e. The maximum Gasteiger partial charge on any atom is 0.673 e. The fraction of sp³-hybridized carbons (Fsp3) is 0.333. The van der Waals surface area contributed by atoms with E-state index in [-0.39, 0.29) is 0 Å². The Morgan fingerprint density at radius 2 is 1.18 bits per heavy atom. The fourth-order valence-corrected chi connectivity index (χ4v) is 4.50. The Balaban J connectivity index is 0.000000588. The second-order valence-corrected chi connectivity index (χ2v) is 8.96. The number of para-hydroxylation sites is 1. The number of halogens is 4. The zero-order chi connectivity index (χ0) is 24.4. The van der Waals surface area contributed by atoms with Crippen molar-refractivity contribution in [1.29, 1.82) is 0 Å². The van der Waals surface area contributed by atoms with Crippen LogP contribution in [0.5, 0.6) is 5.75 Å². The van der Waals surface area contributed by atoms with Crippen LogP contribution in [0.1, 0.15) is 25.7 Å². The summed E-state index contributed by atoms with van der Waals surface area (Å²) in [5.74, 6) is 1.01. The predicted octanol–water partition coefficient (Wildman–Crippen LogP) is 7.72. The van der Waals surface area contributed by atoms with Crippen molar-refractivity contribution in [1.82, 2.24) is 0 Å². The lowest BCUT2D eigenvalue weighted by Crippen LogP contribution is -2.48. The van der Waals surface area contributed by atoms with E-state index in [4.69, 9.17) is 4.74 Å². The van der Waals surface area contributed by atoms with Gasteiger partial charge in [0.15, 0.2) is 0 Å². The van der Waals surface area contributed by atoms with Gasteiger partial charge in [-0.25, -0.2) is 0 Å². The highest BCUT2D eigenvalue weighted by Gasteiger charge is 2.24. The van der Waals surface area contributed by atoms with Crippen molar-refractivity contribution in [2.24, 2.45) is 0 Å². The molecule has 0 saturated carbocycles. The average molecular weight is 473 g/mol. The number of benzene rings is 3. The van der Waals surface area contributed by atoms with Gasteiger partial charge in [0.25, 0.3) is 0 Å². The van der Waals surface area contributed by atoms with Crippen molar-refractivity contribution < 1.29 is 26.5 Å². The van der Waals surface area contributed by atoms with E-state index in [1.165, 1.54) is 65.6 Å². The lowest BCUT2D eigenvalue weighted by Gasteiger charge is -2.37. The largest absolute Gasteiger partial charge is 0.673 e. The molecule has 7 heteroatoms. The van der Waals surface area contributed by atoms with Gasteiger partial charge in [-0.1, -0.05) is 78.9 Å². The third kappa shape index (κ3) is 8.21. The number of piperidine rings is 1. The molecule has 1 heterocycles.